The van der Waals surface area contributed by atoms with E-state index in [2.05, 4.69) is 12.8 Å². The molecule has 0 saturated heterocycles. The van der Waals surface area contributed by atoms with Crippen LogP contribution in [0.5, 0.6) is 0 Å². The summed E-state index contributed by atoms with van der Waals surface area (Å²) in [5.74, 6) is 0. The number of nitrogens with zero attached hydrogens (tertiary/aromatic N) is 1. The maximum absolute atomic E-state index is 3.53. The average molecular weight is 92.1 g/mol. The van der Waals surface area contributed by atoms with E-state index < -0.39 is 0 Å². The molecular weight excluding hydrogens is 86.1 g/mol. The first-order chi connectivity index (χ1) is 3.43. The van der Waals surface area contributed by atoms with Crippen molar-refractivity contribution in [2.24, 2.45) is 0 Å². The number of aromatic nitrogens is 1. The van der Waals surface area contributed by atoms with Crippen molar-refractivity contribution in [2.75, 3.05) is 0 Å². The van der Waals surface area contributed by atoms with Crippen molar-refractivity contribution in [3.8, 4) is 0 Å². The molecule has 0 saturated carbocycles. The van der Waals surface area contributed by atoms with Crippen LogP contribution in [0.2, 0.25) is 0 Å². The maximum atomic E-state index is 3.53. The molecule has 1 heteroatoms. The fraction of sp³-hybridized carbons (Fsp3) is 0. The first-order valence-electron chi connectivity index (χ1n) is 2.10. The zero-order valence-corrected chi connectivity index (χ0v) is 3.96. The van der Waals surface area contributed by atoms with Gasteiger partial charge in [0, 0.05) is 12.4 Å². The van der Waals surface area contributed by atoms with Gasteiger partial charge in [-0.05, 0) is 12.1 Å². The molecule has 0 amide bonds. The lowest BCUT2D eigenvalue weighted by molar-refractivity contribution is 1.16. The molecule has 0 bridgehead atoms. The number of hydrogen-bond acceptors (Lipinski definition) is 0. The van der Waals surface area contributed by atoms with E-state index in [9.17, 15) is 0 Å². The summed E-state index contributed by atoms with van der Waals surface area (Å²) in [5, 5.41) is 0. The number of hydrogen-bond donors (Lipinski definition) is 0. The highest BCUT2D eigenvalue weighted by atomic mass is 14.9. The summed E-state index contributed by atoms with van der Waals surface area (Å²) in [5.41, 5.74) is 0. The van der Waals surface area contributed by atoms with Crippen molar-refractivity contribution in [2.45, 2.75) is 0 Å². The van der Waals surface area contributed by atoms with Crippen LogP contribution in [0.3, 0.4) is 0 Å². The fourth-order valence-electron chi connectivity index (χ4n) is 0.421. The Bertz CT molecular complexity index is 139. The van der Waals surface area contributed by atoms with Crippen molar-refractivity contribution >= 4 is 6.20 Å². The molecule has 0 spiro atoms. The van der Waals surface area contributed by atoms with E-state index in [1.165, 1.54) is 0 Å². The molecule has 0 N–H and O–H groups in total. The zero-order valence-electron chi connectivity index (χ0n) is 3.96. The molecule has 0 unspecified atom stereocenters. The highest BCUT2D eigenvalue weighted by Gasteiger charge is 1.73. The summed E-state index contributed by atoms with van der Waals surface area (Å²) in [6, 6.07) is 3.74. The normalized spacial score (nSPS) is 8.57. The molecule has 1 heterocycles. The van der Waals surface area contributed by atoms with E-state index in [1.54, 1.807) is 10.8 Å². The molecule has 1 rings (SSSR count). The summed E-state index contributed by atoms with van der Waals surface area (Å²) >= 11 is 0. The summed E-state index contributed by atoms with van der Waals surface area (Å²) in [7, 11) is 0. The van der Waals surface area contributed by atoms with Crippen molar-refractivity contribution in [1.29, 1.82) is 0 Å². The van der Waals surface area contributed by atoms with Crippen LogP contribution in [-0.2, 0) is 0 Å². The smallest absolute Gasteiger partial charge is 0.0691 e. The Hall–Kier alpha value is -0.980. The van der Waals surface area contributed by atoms with Gasteiger partial charge in [0.05, 0.1) is 6.20 Å². The van der Waals surface area contributed by atoms with Crippen molar-refractivity contribution in [1.82, 2.24) is 4.57 Å². The first kappa shape index (κ1) is 4.19. The van der Waals surface area contributed by atoms with Gasteiger partial charge in [-0.25, -0.2) is 0 Å². The Morgan fingerprint density at radius 3 is 2.86 bits per heavy atom. The van der Waals surface area contributed by atoms with Crippen LogP contribution in [0.4, 0.5) is 0 Å². The van der Waals surface area contributed by atoms with Gasteiger partial charge in [0.15, 0.2) is 0 Å². The SMILES string of the molecule is C=Cn1[c]ccc1. The molecule has 0 aliphatic heterocycles. The minimum atomic E-state index is 1.69. The third kappa shape index (κ3) is 0.712. The second-order valence-electron chi connectivity index (χ2n) is 1.23. The summed E-state index contributed by atoms with van der Waals surface area (Å²) in [4.78, 5) is 0. The lowest BCUT2D eigenvalue weighted by atomic mass is 10.7. The molecule has 0 aliphatic carbocycles. The standard InChI is InChI=1S/C6H6N/c1-2-7-5-3-4-6-7/h2-5H,1H2. The Kier molecular flexibility index (Phi) is 0.984. The highest BCUT2D eigenvalue weighted by Crippen LogP contribution is 1.85. The lowest BCUT2D eigenvalue weighted by Crippen LogP contribution is -1.73. The zero-order chi connectivity index (χ0) is 5.11. The van der Waals surface area contributed by atoms with Crippen molar-refractivity contribution < 1.29 is 0 Å². The van der Waals surface area contributed by atoms with Gasteiger partial charge in [-0.3, -0.25) is 0 Å². The Morgan fingerprint density at radius 1 is 1.71 bits per heavy atom. The van der Waals surface area contributed by atoms with Gasteiger partial charge in [-0.2, -0.15) is 0 Å². The van der Waals surface area contributed by atoms with Gasteiger partial charge in [0.2, 0.25) is 0 Å². The first-order valence-corrected chi connectivity index (χ1v) is 2.10. The van der Waals surface area contributed by atoms with E-state index in [0.717, 1.165) is 0 Å². The predicted octanol–water partition coefficient (Wildman–Crippen LogP) is 1.39. The molecule has 0 fully saturated rings. The van der Waals surface area contributed by atoms with Gasteiger partial charge in [-0.1, -0.05) is 6.58 Å². The van der Waals surface area contributed by atoms with Crippen LogP contribution in [0.1, 0.15) is 0 Å². The predicted molar refractivity (Wildman–Crippen MR) is 29.7 cm³/mol. The van der Waals surface area contributed by atoms with Crippen LogP contribution in [-0.4, -0.2) is 4.57 Å². The van der Waals surface area contributed by atoms with E-state index in [0.29, 0.717) is 0 Å². The molecule has 0 aromatic carbocycles. The van der Waals surface area contributed by atoms with E-state index in [1.807, 2.05) is 18.3 Å². The van der Waals surface area contributed by atoms with Crippen LogP contribution in [0, 0.1) is 6.20 Å². The molecule has 35 valence electrons. The van der Waals surface area contributed by atoms with Gasteiger partial charge >= 0.3 is 0 Å². The topological polar surface area (TPSA) is 4.93 Å². The lowest BCUT2D eigenvalue weighted by Gasteiger charge is -1.81. The van der Waals surface area contributed by atoms with Gasteiger partial charge in [0.25, 0.3) is 0 Å². The average Bonchev–Trinajstić information content (AvgIpc) is 2.14. The van der Waals surface area contributed by atoms with E-state index in [4.69, 9.17) is 0 Å². The molecule has 0 aliphatic rings. The van der Waals surface area contributed by atoms with Crippen molar-refractivity contribution in [3.05, 3.63) is 31.1 Å². The minimum absolute atomic E-state index is 1.69. The molecule has 7 heavy (non-hydrogen) atoms. The summed E-state index contributed by atoms with van der Waals surface area (Å²) < 4.78 is 1.76. The Balaban J connectivity index is 2.96. The quantitative estimate of drug-likeness (QED) is 0.493. The second kappa shape index (κ2) is 1.65. The van der Waals surface area contributed by atoms with Crippen LogP contribution >= 0.6 is 0 Å². The molecule has 1 radical (unpaired) electrons. The number of rotatable bonds is 1. The van der Waals surface area contributed by atoms with Gasteiger partial charge in [0.1, 0.15) is 0 Å². The molecule has 1 aromatic heterocycles. The fourth-order valence-corrected chi connectivity index (χ4v) is 0.421. The molecular formula is C6H6N. The largest absolute Gasteiger partial charge is 0.323 e. The Labute approximate surface area is 42.9 Å². The minimum Gasteiger partial charge on any atom is -0.323 e. The van der Waals surface area contributed by atoms with Crippen LogP contribution < -0.4 is 0 Å². The van der Waals surface area contributed by atoms with Crippen LogP contribution in [0.25, 0.3) is 6.20 Å². The highest BCUT2D eigenvalue weighted by molar-refractivity contribution is 5.16. The molecule has 1 nitrogen and oxygen atoms in total. The monoisotopic (exact) mass is 92.1 g/mol. The van der Waals surface area contributed by atoms with Gasteiger partial charge < -0.3 is 4.57 Å². The van der Waals surface area contributed by atoms with E-state index >= 15 is 0 Å². The summed E-state index contributed by atoms with van der Waals surface area (Å²) in [6.07, 6.45) is 6.46. The third-order valence-electron chi connectivity index (χ3n) is 0.763. The van der Waals surface area contributed by atoms with Gasteiger partial charge in [-0.15, -0.1) is 0 Å². The van der Waals surface area contributed by atoms with Crippen molar-refractivity contribution in [3.63, 3.8) is 0 Å². The summed E-state index contributed by atoms with van der Waals surface area (Å²) in [6.45, 7) is 3.53. The third-order valence-corrected chi connectivity index (χ3v) is 0.763. The maximum Gasteiger partial charge on any atom is 0.0691 e. The molecule has 0 atom stereocenters. The second-order valence-corrected chi connectivity index (χ2v) is 1.23. The molecule has 1 aromatic rings. The Morgan fingerprint density at radius 2 is 2.57 bits per heavy atom. The van der Waals surface area contributed by atoms with E-state index in [-0.39, 0.29) is 0 Å². The van der Waals surface area contributed by atoms with Crippen LogP contribution in [0.15, 0.2) is 24.9 Å².